The Kier molecular flexibility index (Phi) is 7.65. The van der Waals surface area contributed by atoms with Crippen molar-refractivity contribution < 1.29 is 14.5 Å². The summed E-state index contributed by atoms with van der Waals surface area (Å²) in [6.45, 7) is 4.90. The molecule has 34 heavy (non-hydrogen) atoms. The number of thioether (sulfide) groups is 1. The molecular formula is C21H20N6O4S3. The zero-order valence-corrected chi connectivity index (χ0v) is 20.3. The number of carbonyl (C=O) groups excluding carboxylic acids is 2. The van der Waals surface area contributed by atoms with Gasteiger partial charge in [-0.25, -0.2) is 15.0 Å². The molecule has 0 atom stereocenters. The monoisotopic (exact) mass is 516 g/mol. The minimum absolute atomic E-state index is 0.0325. The number of pyridine rings is 1. The van der Waals surface area contributed by atoms with E-state index in [-0.39, 0.29) is 27.7 Å². The lowest BCUT2D eigenvalue weighted by atomic mass is 9.97. The highest BCUT2D eigenvalue weighted by Crippen LogP contribution is 2.32. The molecule has 13 heteroatoms. The second kappa shape index (κ2) is 10.8. The number of nitrogens with zero attached hydrogens (tertiary/aromatic N) is 5. The van der Waals surface area contributed by atoms with Gasteiger partial charge in [0.15, 0.2) is 5.13 Å². The Bertz CT molecular complexity index is 1220. The van der Waals surface area contributed by atoms with Crippen LogP contribution >= 0.6 is 34.4 Å². The van der Waals surface area contributed by atoms with Crippen molar-refractivity contribution in [2.75, 3.05) is 24.2 Å². The largest absolute Gasteiger partial charge is 0.345 e. The van der Waals surface area contributed by atoms with Crippen LogP contribution in [0.25, 0.3) is 0 Å². The topological polar surface area (TPSA) is 131 Å². The Hall–Kier alpha value is -3.16. The average molecular weight is 517 g/mol. The number of thiazole rings is 2. The number of rotatable bonds is 8. The van der Waals surface area contributed by atoms with E-state index in [1.54, 1.807) is 29.8 Å². The molecule has 4 heterocycles. The third-order valence-electron chi connectivity index (χ3n) is 5.12. The maximum Gasteiger partial charge on any atom is 0.345 e. The van der Waals surface area contributed by atoms with Crippen molar-refractivity contribution in [2.24, 2.45) is 0 Å². The molecule has 0 spiro atoms. The first-order chi connectivity index (χ1) is 16.5. The zero-order chi connectivity index (χ0) is 24.1. The Labute approximate surface area is 207 Å². The van der Waals surface area contributed by atoms with E-state index in [9.17, 15) is 19.7 Å². The summed E-state index contributed by atoms with van der Waals surface area (Å²) in [6, 6.07) is 3.57. The van der Waals surface area contributed by atoms with Crippen LogP contribution in [0.4, 0.5) is 10.1 Å². The van der Waals surface area contributed by atoms with Crippen molar-refractivity contribution in [3.05, 3.63) is 68.9 Å². The summed E-state index contributed by atoms with van der Waals surface area (Å²) < 4.78 is 0. The second-order valence-electron chi connectivity index (χ2n) is 7.31. The van der Waals surface area contributed by atoms with E-state index in [0.29, 0.717) is 29.4 Å². The number of piperidine rings is 1. The fourth-order valence-electron chi connectivity index (χ4n) is 3.45. The summed E-state index contributed by atoms with van der Waals surface area (Å²) >= 11 is 3.68. The van der Waals surface area contributed by atoms with Gasteiger partial charge in [-0.2, -0.15) is 0 Å². The molecular weight excluding hydrogens is 496 g/mol. The molecule has 1 aliphatic rings. The highest BCUT2D eigenvalue weighted by atomic mass is 32.2. The van der Waals surface area contributed by atoms with E-state index in [4.69, 9.17) is 0 Å². The van der Waals surface area contributed by atoms with E-state index in [0.717, 1.165) is 35.4 Å². The third-order valence-corrected chi connectivity index (χ3v) is 7.99. The molecule has 10 nitrogen and oxygen atoms in total. The fraction of sp³-hybridized carbons (Fsp3) is 0.286. The van der Waals surface area contributed by atoms with Crippen molar-refractivity contribution in [1.29, 1.82) is 0 Å². The molecule has 0 saturated carbocycles. The molecule has 3 aromatic heterocycles. The molecule has 4 rings (SSSR count). The number of anilines is 1. The van der Waals surface area contributed by atoms with E-state index < -0.39 is 10.8 Å². The second-order valence-corrected chi connectivity index (χ2v) is 10.2. The van der Waals surface area contributed by atoms with E-state index in [2.05, 4.69) is 26.8 Å². The maximum absolute atomic E-state index is 13.1. The summed E-state index contributed by atoms with van der Waals surface area (Å²) in [5.74, 6) is 0.342. The Morgan fingerprint density at radius 2 is 2.15 bits per heavy atom. The number of nitrogens with one attached hydrogen (secondary N) is 1. The van der Waals surface area contributed by atoms with Gasteiger partial charge in [0.2, 0.25) is 0 Å². The van der Waals surface area contributed by atoms with Crippen LogP contribution < -0.4 is 5.32 Å². The lowest BCUT2D eigenvalue weighted by molar-refractivity contribution is -0.380. The van der Waals surface area contributed by atoms with Crippen molar-refractivity contribution in [2.45, 2.75) is 23.8 Å². The SMILES string of the molecule is C=CCSc1ncccc1C(=O)N1CCC(c2nc(C(=O)Nc3ncc([N+](=O)[O-])s3)cs2)CC1. The lowest BCUT2D eigenvalue weighted by Gasteiger charge is -2.31. The van der Waals surface area contributed by atoms with Crippen LogP contribution in [0.3, 0.4) is 0 Å². The van der Waals surface area contributed by atoms with Gasteiger partial charge in [-0.3, -0.25) is 25.0 Å². The van der Waals surface area contributed by atoms with Crippen molar-refractivity contribution in [3.63, 3.8) is 0 Å². The van der Waals surface area contributed by atoms with Gasteiger partial charge in [0.25, 0.3) is 11.8 Å². The highest BCUT2D eigenvalue weighted by molar-refractivity contribution is 7.99. The standard InChI is InChI=1S/C21H20N6O4S3/c1-2-10-32-19-14(4-3-7-22-19)20(29)26-8-5-13(6-9-26)18-24-15(12-33-18)17(28)25-21-23-11-16(34-21)27(30)31/h2-4,7,11-13H,1,5-6,8-10H2,(H,23,25,28). The number of aromatic nitrogens is 3. The Morgan fingerprint density at radius 1 is 1.35 bits per heavy atom. The molecule has 1 N–H and O–H groups in total. The van der Waals surface area contributed by atoms with Crippen LogP contribution in [0.2, 0.25) is 0 Å². The Morgan fingerprint density at radius 3 is 2.85 bits per heavy atom. The van der Waals surface area contributed by atoms with Crippen LogP contribution in [0.5, 0.6) is 0 Å². The van der Waals surface area contributed by atoms with Gasteiger partial charge in [-0.15, -0.1) is 29.7 Å². The number of amides is 2. The first-order valence-electron chi connectivity index (χ1n) is 10.3. The molecule has 0 aromatic carbocycles. The summed E-state index contributed by atoms with van der Waals surface area (Å²) in [5, 5.41) is 16.5. The molecule has 0 unspecified atom stereocenters. The van der Waals surface area contributed by atoms with Crippen molar-refractivity contribution in [1.82, 2.24) is 19.9 Å². The number of hydrogen-bond acceptors (Lipinski definition) is 10. The predicted octanol–water partition coefficient (Wildman–Crippen LogP) is 4.45. The van der Waals surface area contributed by atoms with Crippen LogP contribution in [0.15, 0.2) is 47.6 Å². The molecule has 0 aliphatic carbocycles. The quantitative estimate of drug-likeness (QED) is 0.201. The molecule has 1 saturated heterocycles. The minimum Gasteiger partial charge on any atom is -0.339 e. The Balaban J connectivity index is 1.35. The normalized spacial score (nSPS) is 14.1. The first-order valence-corrected chi connectivity index (χ1v) is 13.0. The van der Waals surface area contributed by atoms with Gasteiger partial charge in [0.1, 0.15) is 16.9 Å². The molecule has 3 aromatic rings. The fourth-order valence-corrected chi connectivity index (χ4v) is 5.78. The van der Waals surface area contributed by atoms with E-state index in [1.165, 1.54) is 23.1 Å². The van der Waals surface area contributed by atoms with E-state index >= 15 is 0 Å². The molecule has 2 amide bonds. The van der Waals surface area contributed by atoms with Crippen molar-refractivity contribution in [3.8, 4) is 0 Å². The summed E-state index contributed by atoms with van der Waals surface area (Å²) in [6.07, 6.45) is 6.06. The zero-order valence-electron chi connectivity index (χ0n) is 17.9. The van der Waals surface area contributed by atoms with E-state index in [1.807, 2.05) is 4.90 Å². The van der Waals surface area contributed by atoms with Gasteiger partial charge in [-0.05, 0) is 36.3 Å². The van der Waals surface area contributed by atoms with Crippen LogP contribution in [-0.4, -0.2) is 55.4 Å². The highest BCUT2D eigenvalue weighted by Gasteiger charge is 2.28. The summed E-state index contributed by atoms with van der Waals surface area (Å²) in [7, 11) is 0. The molecule has 0 radical (unpaired) electrons. The van der Waals surface area contributed by atoms with Gasteiger partial charge in [0.05, 0.1) is 15.5 Å². The number of likely N-dealkylation sites (tertiary alicyclic amines) is 1. The number of hydrogen-bond donors (Lipinski definition) is 1. The third kappa shape index (κ3) is 5.48. The summed E-state index contributed by atoms with van der Waals surface area (Å²) in [5.41, 5.74) is 0.846. The lowest BCUT2D eigenvalue weighted by Crippen LogP contribution is -2.38. The predicted molar refractivity (Wildman–Crippen MR) is 132 cm³/mol. The van der Waals surface area contributed by atoms with Crippen molar-refractivity contribution >= 4 is 56.4 Å². The first kappa shape index (κ1) is 24.0. The van der Waals surface area contributed by atoms with Gasteiger partial charge < -0.3 is 4.90 Å². The average Bonchev–Trinajstić information content (AvgIpc) is 3.53. The van der Waals surface area contributed by atoms with Gasteiger partial charge in [0, 0.05) is 36.3 Å². The molecule has 1 aliphatic heterocycles. The summed E-state index contributed by atoms with van der Waals surface area (Å²) in [4.78, 5) is 50.2. The molecule has 1 fully saturated rings. The maximum atomic E-state index is 13.1. The van der Waals surface area contributed by atoms with Gasteiger partial charge >= 0.3 is 5.00 Å². The van der Waals surface area contributed by atoms with Gasteiger partial charge in [-0.1, -0.05) is 6.08 Å². The minimum atomic E-state index is -0.555. The number of nitro groups is 1. The molecule has 0 bridgehead atoms. The smallest absolute Gasteiger partial charge is 0.339 e. The molecule has 176 valence electrons. The van der Waals surface area contributed by atoms with Crippen LogP contribution in [0.1, 0.15) is 44.6 Å². The van der Waals surface area contributed by atoms with Crippen LogP contribution in [0, 0.1) is 10.1 Å². The van der Waals surface area contributed by atoms with Crippen LogP contribution in [-0.2, 0) is 0 Å². The number of carbonyl (C=O) groups is 2.